The molecule has 1 aromatic carbocycles. The number of ether oxygens (including phenoxy) is 1. The molecule has 0 atom stereocenters. The summed E-state index contributed by atoms with van der Waals surface area (Å²) >= 11 is 0. The van der Waals surface area contributed by atoms with E-state index in [1.165, 1.54) is 11.9 Å². The summed E-state index contributed by atoms with van der Waals surface area (Å²) in [6, 6.07) is 5.75. The number of aryl methyl sites for hydroxylation is 2. The lowest BCUT2D eigenvalue weighted by molar-refractivity contribution is -0.157. The van der Waals surface area contributed by atoms with Crippen LogP contribution in [0.25, 0.3) is 0 Å². The predicted octanol–water partition coefficient (Wildman–Crippen LogP) is 2.04. The summed E-state index contributed by atoms with van der Waals surface area (Å²) in [6.07, 6.45) is 2.70. The van der Waals surface area contributed by atoms with Crippen molar-refractivity contribution in [3.05, 3.63) is 29.3 Å². The topological polar surface area (TPSA) is 75.7 Å². The van der Waals surface area contributed by atoms with Gasteiger partial charge in [0.05, 0.1) is 12.5 Å². The molecule has 0 heterocycles. The maximum atomic E-state index is 12.1. The van der Waals surface area contributed by atoms with Crippen molar-refractivity contribution in [1.29, 1.82) is 0 Å². The molecule has 24 heavy (non-hydrogen) atoms. The number of nitrogens with zero attached hydrogens (tertiary/aromatic N) is 1. The average Bonchev–Trinajstić information content (AvgIpc) is 2.46. The molecule has 6 heteroatoms. The van der Waals surface area contributed by atoms with Crippen LogP contribution < -0.4 is 5.32 Å². The van der Waals surface area contributed by atoms with Crippen LogP contribution in [0.3, 0.4) is 0 Å². The van der Waals surface area contributed by atoms with E-state index in [0.717, 1.165) is 36.1 Å². The van der Waals surface area contributed by atoms with Gasteiger partial charge in [0.1, 0.15) is 0 Å². The van der Waals surface area contributed by atoms with Crippen molar-refractivity contribution < 1.29 is 19.1 Å². The van der Waals surface area contributed by atoms with Crippen LogP contribution in [0.5, 0.6) is 0 Å². The van der Waals surface area contributed by atoms with E-state index in [0.29, 0.717) is 0 Å². The molecule has 1 aliphatic rings. The van der Waals surface area contributed by atoms with Gasteiger partial charge in [-0.2, -0.15) is 0 Å². The molecule has 1 saturated carbocycles. The Morgan fingerprint density at radius 1 is 1.21 bits per heavy atom. The van der Waals surface area contributed by atoms with E-state index in [1.54, 1.807) is 0 Å². The zero-order valence-electron chi connectivity index (χ0n) is 14.4. The third-order valence-corrected chi connectivity index (χ3v) is 4.33. The van der Waals surface area contributed by atoms with Gasteiger partial charge in [-0.15, -0.1) is 0 Å². The Balaban J connectivity index is 1.80. The molecular formula is C18H24N2O4. The molecule has 2 amide bonds. The van der Waals surface area contributed by atoms with Gasteiger partial charge in [-0.1, -0.05) is 24.6 Å². The van der Waals surface area contributed by atoms with Gasteiger partial charge in [0, 0.05) is 12.7 Å². The lowest BCUT2D eigenvalue weighted by Crippen LogP contribution is -2.38. The molecule has 2 rings (SSSR count). The Morgan fingerprint density at radius 2 is 1.83 bits per heavy atom. The van der Waals surface area contributed by atoms with Gasteiger partial charge in [0.25, 0.3) is 5.91 Å². The number of amides is 2. The molecule has 1 aliphatic carbocycles. The summed E-state index contributed by atoms with van der Waals surface area (Å²) < 4.78 is 5.01. The molecule has 0 aromatic heterocycles. The van der Waals surface area contributed by atoms with Gasteiger partial charge in [0.15, 0.2) is 6.61 Å². The molecule has 0 spiro atoms. The molecule has 0 unspecified atom stereocenters. The number of nitrogens with one attached hydrogen (secondary N) is 1. The van der Waals surface area contributed by atoms with Gasteiger partial charge in [-0.3, -0.25) is 14.4 Å². The van der Waals surface area contributed by atoms with E-state index >= 15 is 0 Å². The fourth-order valence-electron chi connectivity index (χ4n) is 2.50. The summed E-state index contributed by atoms with van der Waals surface area (Å²) in [5.74, 6) is -1.05. The number of anilines is 1. The summed E-state index contributed by atoms with van der Waals surface area (Å²) in [6.45, 7) is 3.42. The van der Waals surface area contributed by atoms with Crippen molar-refractivity contribution in [2.45, 2.75) is 33.1 Å². The fourth-order valence-corrected chi connectivity index (χ4v) is 2.50. The Labute approximate surface area is 142 Å². The second kappa shape index (κ2) is 7.95. The van der Waals surface area contributed by atoms with E-state index < -0.39 is 0 Å². The number of hydrogen-bond acceptors (Lipinski definition) is 4. The van der Waals surface area contributed by atoms with Crippen molar-refractivity contribution in [3.8, 4) is 0 Å². The number of benzene rings is 1. The fraction of sp³-hybridized carbons (Fsp3) is 0.500. The van der Waals surface area contributed by atoms with Gasteiger partial charge in [-0.25, -0.2) is 0 Å². The van der Waals surface area contributed by atoms with Crippen LogP contribution in [-0.2, 0) is 19.1 Å². The molecule has 0 saturated heterocycles. The van der Waals surface area contributed by atoms with Gasteiger partial charge < -0.3 is 15.0 Å². The highest BCUT2D eigenvalue weighted by molar-refractivity contribution is 5.96. The van der Waals surface area contributed by atoms with Crippen LogP contribution in [0.1, 0.15) is 30.4 Å². The van der Waals surface area contributed by atoms with Crippen molar-refractivity contribution in [2.75, 3.05) is 25.5 Å². The first kappa shape index (κ1) is 18.0. The molecule has 6 nitrogen and oxygen atoms in total. The third-order valence-electron chi connectivity index (χ3n) is 4.33. The Morgan fingerprint density at radius 3 is 2.38 bits per heavy atom. The largest absolute Gasteiger partial charge is 0.455 e. The summed E-state index contributed by atoms with van der Waals surface area (Å²) in [7, 11) is 1.52. The number of rotatable bonds is 6. The number of hydrogen-bond donors (Lipinski definition) is 1. The van der Waals surface area contributed by atoms with E-state index in [1.807, 2.05) is 32.0 Å². The smallest absolute Gasteiger partial charge is 0.309 e. The second-order valence-corrected chi connectivity index (χ2v) is 6.30. The maximum absolute atomic E-state index is 12.1. The zero-order valence-corrected chi connectivity index (χ0v) is 14.4. The van der Waals surface area contributed by atoms with Crippen LogP contribution in [0, 0.1) is 19.8 Å². The first-order valence-corrected chi connectivity index (χ1v) is 8.15. The highest BCUT2D eigenvalue weighted by atomic mass is 16.5. The SMILES string of the molecule is Cc1cccc(C)c1NC(=O)CN(C)C(=O)COC(=O)C1CCC1. The summed E-state index contributed by atoms with van der Waals surface area (Å²) in [5, 5.41) is 2.83. The molecule has 1 aromatic rings. The Kier molecular flexibility index (Phi) is 5.95. The minimum atomic E-state index is -0.390. The van der Waals surface area contributed by atoms with E-state index in [2.05, 4.69) is 5.32 Å². The molecule has 1 fully saturated rings. The maximum Gasteiger partial charge on any atom is 0.309 e. The van der Waals surface area contributed by atoms with E-state index in [-0.39, 0.29) is 36.9 Å². The highest BCUT2D eigenvalue weighted by Gasteiger charge is 2.27. The second-order valence-electron chi connectivity index (χ2n) is 6.30. The monoisotopic (exact) mass is 332 g/mol. The normalized spacial score (nSPS) is 13.8. The van der Waals surface area contributed by atoms with Crippen LogP contribution >= 0.6 is 0 Å². The standard InChI is InChI=1S/C18H24N2O4/c1-12-6-4-7-13(2)17(12)19-15(21)10-20(3)16(22)11-24-18(23)14-8-5-9-14/h4,6-7,14H,5,8-11H2,1-3H3,(H,19,21). The minimum absolute atomic E-state index is 0.0598. The number of carbonyl (C=O) groups excluding carboxylic acids is 3. The molecule has 0 bridgehead atoms. The number of likely N-dealkylation sites (N-methyl/N-ethyl adjacent to an activating group) is 1. The van der Waals surface area contributed by atoms with Crippen molar-refractivity contribution in [3.63, 3.8) is 0 Å². The zero-order chi connectivity index (χ0) is 17.7. The highest BCUT2D eigenvalue weighted by Crippen LogP contribution is 2.27. The van der Waals surface area contributed by atoms with Crippen LogP contribution in [0.4, 0.5) is 5.69 Å². The van der Waals surface area contributed by atoms with Crippen LogP contribution in [-0.4, -0.2) is 42.9 Å². The molecule has 130 valence electrons. The first-order valence-electron chi connectivity index (χ1n) is 8.15. The Bertz CT molecular complexity index is 618. The molecular weight excluding hydrogens is 308 g/mol. The number of carbonyl (C=O) groups is 3. The molecule has 0 radical (unpaired) electrons. The van der Waals surface area contributed by atoms with Gasteiger partial charge in [0.2, 0.25) is 5.91 Å². The quantitative estimate of drug-likeness (QED) is 0.809. The lowest BCUT2D eigenvalue weighted by Gasteiger charge is -2.23. The van der Waals surface area contributed by atoms with E-state index in [9.17, 15) is 14.4 Å². The Hall–Kier alpha value is -2.37. The minimum Gasteiger partial charge on any atom is -0.455 e. The summed E-state index contributed by atoms with van der Waals surface area (Å²) in [5.41, 5.74) is 2.69. The lowest BCUT2D eigenvalue weighted by atomic mass is 9.86. The average molecular weight is 332 g/mol. The van der Waals surface area contributed by atoms with E-state index in [4.69, 9.17) is 4.74 Å². The van der Waals surface area contributed by atoms with Gasteiger partial charge >= 0.3 is 5.97 Å². The summed E-state index contributed by atoms with van der Waals surface area (Å²) in [4.78, 5) is 37.0. The predicted molar refractivity (Wildman–Crippen MR) is 90.5 cm³/mol. The first-order chi connectivity index (χ1) is 11.4. The molecule has 0 aliphatic heterocycles. The van der Waals surface area contributed by atoms with Crippen LogP contribution in [0.2, 0.25) is 0 Å². The molecule has 1 N–H and O–H groups in total. The van der Waals surface area contributed by atoms with Gasteiger partial charge in [-0.05, 0) is 37.8 Å². The third kappa shape index (κ3) is 4.57. The number of para-hydroxylation sites is 1. The van der Waals surface area contributed by atoms with Crippen molar-refractivity contribution >= 4 is 23.5 Å². The van der Waals surface area contributed by atoms with Crippen molar-refractivity contribution in [2.24, 2.45) is 5.92 Å². The van der Waals surface area contributed by atoms with Crippen LogP contribution in [0.15, 0.2) is 18.2 Å². The van der Waals surface area contributed by atoms with Crippen molar-refractivity contribution in [1.82, 2.24) is 4.90 Å². The number of esters is 1.